The fourth-order valence-electron chi connectivity index (χ4n) is 1.80. The first-order chi connectivity index (χ1) is 9.24. The van der Waals surface area contributed by atoms with E-state index in [4.69, 9.17) is 0 Å². The number of nitrogens with zero attached hydrogens (tertiary/aromatic N) is 2. The van der Waals surface area contributed by atoms with Crippen LogP contribution < -0.4 is 5.32 Å². The molecule has 1 aliphatic rings. The van der Waals surface area contributed by atoms with Gasteiger partial charge in [0.15, 0.2) is 0 Å². The first-order valence-corrected chi connectivity index (χ1v) is 7.95. The maximum absolute atomic E-state index is 13.4. The molecule has 0 spiro atoms. The number of nitrogens with one attached hydrogen (secondary N) is 1. The Morgan fingerprint density at radius 1 is 1.21 bits per heavy atom. The predicted molar refractivity (Wildman–Crippen MR) is 77.8 cm³/mol. The zero-order valence-corrected chi connectivity index (χ0v) is 13.0. The van der Waals surface area contributed by atoms with Gasteiger partial charge in [-0.2, -0.15) is 0 Å². The topological polar surface area (TPSA) is 36.8 Å². The molecule has 0 aromatic heterocycles. The van der Waals surface area contributed by atoms with Gasteiger partial charge in [-0.15, -0.1) is 0 Å². The fraction of sp³-hybridized carbons (Fsp3) is 0.0769. The number of benzene rings is 2. The van der Waals surface area contributed by atoms with Crippen LogP contribution in [0.1, 0.15) is 5.56 Å². The Balaban J connectivity index is 1.78. The Hall–Kier alpha value is -1.23. The standard InChI is InChI=1S/C13H9BrFN3Se/c14-9-5-4-8(6-10(9)15)7-16-11-2-1-3-12-13(11)18-19-17-12/h1-6,16H,7H2. The van der Waals surface area contributed by atoms with Crippen molar-refractivity contribution in [2.75, 3.05) is 5.32 Å². The van der Waals surface area contributed by atoms with Crippen LogP contribution in [0, 0.1) is 5.82 Å². The van der Waals surface area contributed by atoms with Crippen LogP contribution in [0.4, 0.5) is 21.5 Å². The monoisotopic (exact) mass is 385 g/mol. The van der Waals surface area contributed by atoms with Gasteiger partial charge in [0.1, 0.15) is 0 Å². The van der Waals surface area contributed by atoms with E-state index in [1.54, 1.807) is 6.07 Å². The van der Waals surface area contributed by atoms with E-state index in [2.05, 4.69) is 29.2 Å². The summed E-state index contributed by atoms with van der Waals surface area (Å²) >= 11 is 3.11. The van der Waals surface area contributed by atoms with Gasteiger partial charge in [0.25, 0.3) is 0 Å². The van der Waals surface area contributed by atoms with Crippen molar-refractivity contribution in [1.82, 2.24) is 0 Å². The van der Waals surface area contributed by atoms with E-state index in [1.165, 1.54) is 6.07 Å². The van der Waals surface area contributed by atoms with Gasteiger partial charge in [0, 0.05) is 0 Å². The average molecular weight is 385 g/mol. The summed E-state index contributed by atoms with van der Waals surface area (Å²) < 4.78 is 22.6. The molecule has 6 heteroatoms. The molecule has 0 aliphatic carbocycles. The van der Waals surface area contributed by atoms with Gasteiger partial charge in [-0.25, -0.2) is 0 Å². The van der Waals surface area contributed by atoms with Crippen LogP contribution in [0.5, 0.6) is 0 Å². The fourth-order valence-corrected chi connectivity index (χ4v) is 3.20. The maximum atomic E-state index is 13.4. The van der Waals surface area contributed by atoms with Gasteiger partial charge in [0.05, 0.1) is 0 Å². The molecular weight excluding hydrogens is 376 g/mol. The molecule has 1 aliphatic heterocycles. The predicted octanol–water partition coefficient (Wildman–Crippen LogP) is 4.55. The molecule has 2 aromatic rings. The number of hydrogen-bond donors (Lipinski definition) is 1. The summed E-state index contributed by atoms with van der Waals surface area (Å²) in [6.07, 6.45) is 0. The van der Waals surface area contributed by atoms with Crippen molar-refractivity contribution in [3.8, 4) is 0 Å². The number of fused-ring (bicyclic) bond motifs is 1. The zero-order valence-electron chi connectivity index (χ0n) is 9.73. The quantitative estimate of drug-likeness (QED) is 0.660. The first-order valence-electron chi connectivity index (χ1n) is 5.63. The van der Waals surface area contributed by atoms with Crippen LogP contribution in [0.15, 0.2) is 48.8 Å². The Labute approximate surface area is 124 Å². The molecule has 0 saturated carbocycles. The summed E-state index contributed by atoms with van der Waals surface area (Å²) in [5, 5.41) is 3.28. The molecule has 1 N–H and O–H groups in total. The van der Waals surface area contributed by atoms with Crippen LogP contribution in [0.3, 0.4) is 0 Å². The second-order valence-electron chi connectivity index (χ2n) is 4.04. The average Bonchev–Trinajstić information content (AvgIpc) is 2.89. The number of rotatable bonds is 3. The van der Waals surface area contributed by atoms with Crippen molar-refractivity contribution in [2.45, 2.75) is 6.54 Å². The molecule has 2 aromatic carbocycles. The first kappa shape index (κ1) is 12.8. The third kappa shape index (κ3) is 2.71. The molecular formula is C13H9BrFN3Se. The summed E-state index contributed by atoms with van der Waals surface area (Å²) in [6.45, 7) is 0.559. The summed E-state index contributed by atoms with van der Waals surface area (Å²) in [6, 6.07) is 11.0. The van der Waals surface area contributed by atoms with Crippen molar-refractivity contribution < 1.29 is 4.39 Å². The van der Waals surface area contributed by atoms with Crippen LogP contribution in [-0.4, -0.2) is 14.6 Å². The summed E-state index contributed by atoms with van der Waals surface area (Å²) in [4.78, 5) is 0. The third-order valence-corrected chi connectivity index (χ3v) is 4.53. The molecule has 0 atom stereocenters. The molecule has 19 heavy (non-hydrogen) atoms. The molecule has 0 fully saturated rings. The summed E-state index contributed by atoms with van der Waals surface area (Å²) in [5.41, 5.74) is 3.69. The van der Waals surface area contributed by atoms with Crippen molar-refractivity contribution in [3.05, 3.63) is 52.3 Å². The van der Waals surface area contributed by atoms with E-state index in [9.17, 15) is 4.39 Å². The third-order valence-electron chi connectivity index (χ3n) is 2.75. The van der Waals surface area contributed by atoms with Gasteiger partial charge >= 0.3 is 124 Å². The van der Waals surface area contributed by atoms with Crippen molar-refractivity contribution in [2.24, 2.45) is 7.92 Å². The van der Waals surface area contributed by atoms with E-state index in [-0.39, 0.29) is 20.4 Å². The van der Waals surface area contributed by atoms with Crippen molar-refractivity contribution in [1.29, 1.82) is 0 Å². The second kappa shape index (κ2) is 5.41. The van der Waals surface area contributed by atoms with E-state index in [0.717, 1.165) is 22.6 Å². The van der Waals surface area contributed by atoms with Crippen LogP contribution >= 0.6 is 15.9 Å². The molecule has 3 rings (SSSR count). The van der Waals surface area contributed by atoms with E-state index < -0.39 is 0 Å². The molecule has 0 amide bonds. The molecule has 0 saturated heterocycles. The Bertz CT molecular complexity index is 711. The molecule has 1 heterocycles. The normalized spacial score (nSPS) is 12.1. The Morgan fingerprint density at radius 3 is 2.95 bits per heavy atom. The van der Waals surface area contributed by atoms with Crippen LogP contribution in [-0.2, 0) is 6.54 Å². The van der Waals surface area contributed by atoms with Crippen LogP contribution in [0.25, 0.3) is 0 Å². The van der Waals surface area contributed by atoms with Crippen molar-refractivity contribution >= 4 is 47.6 Å². The van der Waals surface area contributed by atoms with Gasteiger partial charge < -0.3 is 0 Å². The molecule has 0 bridgehead atoms. The number of hydrogen-bond acceptors (Lipinski definition) is 3. The van der Waals surface area contributed by atoms with Crippen molar-refractivity contribution in [3.63, 3.8) is 0 Å². The summed E-state index contributed by atoms with van der Waals surface area (Å²) in [5.74, 6) is -0.249. The SMILES string of the molecule is Fc1cc(CNc2cccc3c2N=[Se]=N3)ccc1Br. The Morgan fingerprint density at radius 2 is 2.11 bits per heavy atom. The van der Waals surface area contributed by atoms with Gasteiger partial charge in [-0.1, -0.05) is 0 Å². The van der Waals surface area contributed by atoms with E-state index in [0.29, 0.717) is 11.0 Å². The van der Waals surface area contributed by atoms with Gasteiger partial charge in [-0.3, -0.25) is 0 Å². The van der Waals surface area contributed by atoms with Gasteiger partial charge in [0.2, 0.25) is 0 Å². The minimum atomic E-state index is -0.249. The number of anilines is 1. The summed E-state index contributed by atoms with van der Waals surface area (Å²) in [7, 11) is 0. The molecule has 3 nitrogen and oxygen atoms in total. The second-order valence-corrected chi connectivity index (χ2v) is 6.00. The molecule has 0 radical (unpaired) electrons. The van der Waals surface area contributed by atoms with Crippen LogP contribution in [0.2, 0.25) is 0 Å². The van der Waals surface area contributed by atoms with E-state index >= 15 is 0 Å². The molecule has 96 valence electrons. The molecule has 0 unspecified atom stereocenters. The zero-order chi connectivity index (χ0) is 13.2. The van der Waals surface area contributed by atoms with E-state index in [1.807, 2.05) is 24.3 Å². The minimum absolute atomic E-state index is 0.0379. The number of halogens is 2. The van der Waals surface area contributed by atoms with Gasteiger partial charge in [-0.05, 0) is 0 Å². The Kier molecular flexibility index (Phi) is 3.64.